The van der Waals surface area contributed by atoms with E-state index in [0.29, 0.717) is 160 Å². The summed E-state index contributed by atoms with van der Waals surface area (Å²) >= 11 is 6.07. The van der Waals surface area contributed by atoms with E-state index in [0.717, 1.165) is 184 Å². The standard InChI is InChI=1S/2C23H28FN7.C21H24ClN7.C21H23F2N7.C21H24FN7/c1-14(2)12-20-25-22(26-21-13-18(29-30-21)15-5-6-15)28-23(27-20)31-11-3-4-19(31)16-7-9-17(24)10-8-16;1-14(2)12-20-25-22(26-21-13-18(29-30-21)15-9-10-15)28-23(27-20)31-11-5-8-19(31)16-6-3-4-7-17(16)24;1-2-18-23-20(24-19-12-16(27-28-19)13-5-6-13)26-21(25-18)29-11-3-4-17(29)14-7-9-15(22)10-8-14;1-2-18-24-20(25-19-11-16(28-29-19)12-5-6-12)27-21(26-18)30-9-3-4-17(30)14-8-7-13(22)10-15(14)23;1-2-18-23-20(24-19-12-16(27-28-19)13-9-10-13)26-21(25-18)29-11-5-8-17(29)14-6-3-4-7-15(14)22/h7-10,13-15,19H,3-6,11-12H2,1-2H3,(H2,25,26,27,28,29,30);3-4,6-7,13-15,19H,5,8-12H2,1-2H3,(H2,25,26,27,28,29,30);7-10,12-13,17H,2-6,11H2,1H3,(H2,23,24,25,26,27,28);7-8,10-12,17H,2-6,9H2,1H3,(H2,24,25,26,27,28,29);3-4,6-7,12-13,17H,2,5,8-11H2,1H3,(H2,23,24,25,26,27,28). The van der Waals surface area contributed by atoms with Gasteiger partial charge in [0.2, 0.25) is 59.5 Å². The monoisotopic (exact) mass is 2060 g/mol. The second-order valence-electron chi connectivity index (χ2n) is 41.2. The van der Waals surface area contributed by atoms with Gasteiger partial charge in [0.15, 0.2) is 29.1 Å². The normalized spacial score (nSPS) is 18.8. The van der Waals surface area contributed by atoms with E-state index in [2.05, 4.69) is 195 Å². The minimum atomic E-state index is -0.578. The third kappa shape index (κ3) is 25.1. The lowest BCUT2D eigenvalue weighted by Crippen LogP contribution is -2.26. The van der Waals surface area contributed by atoms with E-state index < -0.39 is 11.6 Å². The number of aryl methyl sites for hydroxylation is 3. The Morgan fingerprint density at radius 2 is 0.547 bits per heavy atom. The van der Waals surface area contributed by atoms with Gasteiger partial charge in [-0.05, 0) is 194 Å². The molecule has 5 aromatic carbocycles. The predicted octanol–water partition coefficient (Wildman–Crippen LogP) is 23.2. The van der Waals surface area contributed by atoms with Gasteiger partial charge in [-0.25, -0.2) is 22.0 Å². The van der Waals surface area contributed by atoms with E-state index in [1.807, 2.05) is 91.5 Å². The third-order valence-electron chi connectivity index (χ3n) is 28.7. The molecular formula is C109H127ClF5N35. The highest BCUT2D eigenvalue weighted by molar-refractivity contribution is 6.30. The molecule has 5 unspecified atom stereocenters. The number of rotatable bonds is 32. The average molecular weight is 2060 g/mol. The van der Waals surface area contributed by atoms with Crippen molar-refractivity contribution in [3.05, 3.63) is 265 Å². The maximum atomic E-state index is 14.5. The molecule has 10 aliphatic rings. The second kappa shape index (κ2) is 45.7. The highest BCUT2D eigenvalue weighted by Crippen LogP contribution is 2.48. The molecule has 35 nitrogen and oxygen atoms in total. The molecule has 41 heteroatoms. The van der Waals surface area contributed by atoms with Crippen molar-refractivity contribution in [2.75, 3.05) is 83.8 Å². The molecule has 780 valence electrons. The van der Waals surface area contributed by atoms with E-state index >= 15 is 0 Å². The van der Waals surface area contributed by atoms with Gasteiger partial charge in [0.05, 0.1) is 30.2 Å². The molecule has 10 aromatic heterocycles. The zero-order valence-corrected chi connectivity index (χ0v) is 86.2. The van der Waals surface area contributed by atoms with Gasteiger partial charge in [0.1, 0.15) is 58.2 Å². The Bertz CT molecular complexity index is 7120. The van der Waals surface area contributed by atoms with Gasteiger partial charge in [0.25, 0.3) is 0 Å². The minimum Gasteiger partial charge on any atom is -0.334 e. The summed E-state index contributed by atoms with van der Waals surface area (Å²) in [6.07, 6.45) is 25.3. The fraction of sp³-hybridized carbons (Fsp3) is 0.450. The Balaban J connectivity index is 0.000000109. The first-order chi connectivity index (χ1) is 73.1. The van der Waals surface area contributed by atoms with Crippen LogP contribution in [0, 0.1) is 40.9 Å². The summed E-state index contributed by atoms with van der Waals surface area (Å²) in [5, 5.41) is 54.1. The van der Waals surface area contributed by atoms with Gasteiger partial charge in [-0.3, -0.25) is 25.5 Å². The van der Waals surface area contributed by atoms with Crippen molar-refractivity contribution in [3.8, 4) is 0 Å². The van der Waals surface area contributed by atoms with Crippen LogP contribution >= 0.6 is 11.6 Å². The third-order valence-corrected chi connectivity index (χ3v) is 28.9. The highest BCUT2D eigenvalue weighted by atomic mass is 35.5. The molecule has 5 aliphatic carbocycles. The molecule has 10 N–H and O–H groups in total. The summed E-state index contributed by atoms with van der Waals surface area (Å²) in [4.78, 5) is 80.4. The molecule has 25 rings (SSSR count). The number of H-pyrrole nitrogens is 5. The van der Waals surface area contributed by atoms with Gasteiger partial charge in [-0.2, -0.15) is 100 Å². The first-order valence-electron chi connectivity index (χ1n) is 53.3. The summed E-state index contributed by atoms with van der Waals surface area (Å²) < 4.78 is 70.1. The molecule has 0 radical (unpaired) electrons. The van der Waals surface area contributed by atoms with Crippen molar-refractivity contribution in [2.24, 2.45) is 11.8 Å². The molecule has 150 heavy (non-hydrogen) atoms. The van der Waals surface area contributed by atoms with Crippen LogP contribution < -0.4 is 51.1 Å². The molecular weight excluding hydrogens is 1930 g/mol. The summed E-state index contributed by atoms with van der Waals surface area (Å²) in [5.74, 6) is 14.8. The van der Waals surface area contributed by atoms with Crippen LogP contribution in [0.4, 0.5) is 111 Å². The number of nitrogens with one attached hydrogen (secondary N) is 10. The molecule has 0 spiro atoms. The van der Waals surface area contributed by atoms with Gasteiger partial charge in [-0.1, -0.05) is 127 Å². The Labute approximate surface area is 872 Å². The van der Waals surface area contributed by atoms with Crippen molar-refractivity contribution < 1.29 is 22.0 Å². The van der Waals surface area contributed by atoms with Crippen LogP contribution in [0.5, 0.6) is 0 Å². The van der Waals surface area contributed by atoms with Gasteiger partial charge in [0, 0.05) is 181 Å². The number of benzene rings is 5. The summed E-state index contributed by atoms with van der Waals surface area (Å²) in [6, 6.07) is 42.6. The van der Waals surface area contributed by atoms with Gasteiger partial charge >= 0.3 is 0 Å². The molecule has 10 fully saturated rings. The summed E-state index contributed by atoms with van der Waals surface area (Å²) in [5.41, 5.74) is 9.94. The van der Waals surface area contributed by atoms with E-state index in [1.54, 1.807) is 12.1 Å². The van der Waals surface area contributed by atoms with E-state index in [9.17, 15) is 22.0 Å². The lowest BCUT2D eigenvalue weighted by Gasteiger charge is -2.26. The quantitative estimate of drug-likeness (QED) is 0.0175. The smallest absolute Gasteiger partial charge is 0.233 e. The van der Waals surface area contributed by atoms with Crippen LogP contribution in [-0.2, 0) is 32.1 Å². The molecule has 15 heterocycles. The number of nitrogens with zero attached hydrogens (tertiary/aromatic N) is 25. The molecule has 5 atom stereocenters. The number of aromatic amines is 5. The first-order valence-corrected chi connectivity index (χ1v) is 53.6. The van der Waals surface area contributed by atoms with Crippen LogP contribution in [0.15, 0.2) is 146 Å². The fourth-order valence-electron chi connectivity index (χ4n) is 20.3. The van der Waals surface area contributed by atoms with E-state index in [-0.39, 0.29) is 47.7 Å². The van der Waals surface area contributed by atoms with Crippen molar-refractivity contribution in [1.29, 1.82) is 0 Å². The topological polar surface area (TPSA) is 413 Å². The number of aromatic nitrogens is 25. The zero-order chi connectivity index (χ0) is 103. The summed E-state index contributed by atoms with van der Waals surface area (Å²) in [7, 11) is 0. The first kappa shape index (κ1) is 101. The van der Waals surface area contributed by atoms with Crippen LogP contribution in [0.25, 0.3) is 0 Å². The van der Waals surface area contributed by atoms with Crippen LogP contribution in [0.1, 0.15) is 322 Å². The fourth-order valence-corrected chi connectivity index (χ4v) is 20.4. The number of hydrogen-bond donors (Lipinski definition) is 10. The minimum absolute atomic E-state index is 0.0667. The predicted molar refractivity (Wildman–Crippen MR) is 567 cm³/mol. The molecule has 5 aliphatic heterocycles. The number of halogens is 6. The second-order valence-corrected chi connectivity index (χ2v) is 41.7. The Hall–Kier alpha value is -14.9. The molecule has 15 aromatic rings. The number of anilines is 15. The van der Waals surface area contributed by atoms with Crippen LogP contribution in [0.3, 0.4) is 0 Å². The molecule has 0 amide bonds. The average Bonchev–Trinajstić information content (AvgIpc) is 1.63. The maximum Gasteiger partial charge on any atom is 0.233 e. The van der Waals surface area contributed by atoms with Crippen molar-refractivity contribution >= 4 is 100 Å². The van der Waals surface area contributed by atoms with Crippen molar-refractivity contribution in [2.45, 2.75) is 269 Å². The Morgan fingerprint density at radius 1 is 0.287 bits per heavy atom. The Morgan fingerprint density at radius 3 is 0.827 bits per heavy atom. The van der Waals surface area contributed by atoms with Gasteiger partial charge < -0.3 is 51.1 Å². The lowest BCUT2D eigenvalue weighted by molar-refractivity contribution is 0.552. The maximum absolute atomic E-state index is 14.5. The van der Waals surface area contributed by atoms with Crippen LogP contribution in [-0.4, -0.2) is 158 Å². The van der Waals surface area contributed by atoms with Gasteiger partial charge in [-0.15, -0.1) is 0 Å². The Kier molecular flexibility index (Phi) is 30.8. The highest BCUT2D eigenvalue weighted by Gasteiger charge is 2.39. The number of hydrogen-bond acceptors (Lipinski definition) is 30. The summed E-state index contributed by atoms with van der Waals surface area (Å²) in [6.45, 7) is 18.7. The van der Waals surface area contributed by atoms with Crippen molar-refractivity contribution in [3.63, 3.8) is 0 Å². The lowest BCUT2D eigenvalue weighted by atomic mass is 10.0. The molecule has 0 bridgehead atoms. The SMILES string of the molecule is CC(C)Cc1nc(Nc2cc(C3CC3)[nH]n2)nc(N2CCCC2c2ccc(F)cc2)n1.CC(C)Cc1nc(Nc2cc(C3CC3)[nH]n2)nc(N2CCCC2c2ccccc2F)n1.CCc1nc(Nc2cc(C3CC3)[nH]n2)nc(N2CCCC2c2ccc(Cl)cc2)n1.CCc1nc(Nc2cc(C3CC3)[nH]n2)nc(N2CCCC2c2ccc(F)cc2F)n1.CCc1nc(Nc2cc(C3CC3)[nH]n2)nc(N2CCCC2c2ccccc2F)n1. The molecule has 5 saturated carbocycles. The molecule has 5 saturated heterocycles. The van der Waals surface area contributed by atoms with Crippen LogP contribution in [0.2, 0.25) is 5.02 Å². The largest absolute Gasteiger partial charge is 0.334 e. The van der Waals surface area contributed by atoms with Crippen molar-refractivity contribution in [1.82, 2.24) is 126 Å². The van der Waals surface area contributed by atoms with E-state index in [4.69, 9.17) is 41.5 Å². The zero-order valence-electron chi connectivity index (χ0n) is 85.4. The van der Waals surface area contributed by atoms with E-state index in [1.165, 1.54) is 112 Å².